The summed E-state index contributed by atoms with van der Waals surface area (Å²) in [6, 6.07) is 8.08. The van der Waals surface area contributed by atoms with E-state index in [2.05, 4.69) is 0 Å². The first-order valence-corrected chi connectivity index (χ1v) is 9.79. The Morgan fingerprint density at radius 3 is 1.29 bits per heavy atom. The van der Waals surface area contributed by atoms with Gasteiger partial charge in [-0.05, 0) is 37.1 Å². The van der Waals surface area contributed by atoms with Crippen molar-refractivity contribution in [2.24, 2.45) is 0 Å². The average Bonchev–Trinajstić information content (AvgIpc) is 2.68. The Morgan fingerprint density at radius 1 is 0.571 bits per heavy atom. The van der Waals surface area contributed by atoms with Crippen LogP contribution in [0.1, 0.15) is 51.4 Å². The summed E-state index contributed by atoms with van der Waals surface area (Å²) in [7, 11) is 0. The van der Waals surface area contributed by atoms with E-state index >= 15 is 0 Å². The Balaban J connectivity index is 1.39. The van der Waals surface area contributed by atoms with Gasteiger partial charge in [-0.15, -0.1) is 0 Å². The van der Waals surface area contributed by atoms with Crippen LogP contribution in [0.2, 0.25) is 0 Å². The monoisotopic (exact) mass is 394 g/mol. The molecule has 2 N–H and O–H groups in total. The van der Waals surface area contributed by atoms with E-state index in [9.17, 15) is 8.78 Å². The van der Waals surface area contributed by atoms with Crippen LogP contribution in [0.25, 0.3) is 0 Å². The molecule has 2 aromatic rings. The Kier molecular flexibility index (Phi) is 9.39. The van der Waals surface area contributed by atoms with E-state index in [1.165, 1.54) is 24.3 Å². The molecule has 0 atom stereocenters. The molecule has 2 rings (SSSR count). The Labute approximate surface area is 164 Å². The van der Waals surface area contributed by atoms with Gasteiger partial charge in [-0.2, -0.15) is 0 Å². The van der Waals surface area contributed by atoms with E-state index in [1.54, 1.807) is 12.1 Å². The van der Waals surface area contributed by atoms with Crippen molar-refractivity contribution in [3.05, 3.63) is 48.0 Å². The van der Waals surface area contributed by atoms with E-state index in [4.69, 9.17) is 19.7 Å². The lowest BCUT2D eigenvalue weighted by atomic mass is 10.1. The fourth-order valence-corrected chi connectivity index (χ4v) is 2.80. The highest BCUT2D eigenvalue weighted by atomic mass is 19.1. The summed E-state index contributed by atoms with van der Waals surface area (Å²) in [6.45, 7) is 1.08. The van der Waals surface area contributed by atoms with Crippen molar-refractivity contribution >= 4 is 0 Å². The van der Waals surface area contributed by atoms with E-state index in [-0.39, 0.29) is 11.5 Å². The molecule has 0 spiro atoms. The van der Waals surface area contributed by atoms with Gasteiger partial charge < -0.3 is 19.7 Å². The number of ether oxygens (including phenoxy) is 2. The standard InChI is InChI=1S/C22H28F2O4/c23-19-15-17(9-11-21(19)25)27-13-7-5-3-1-2-4-6-8-14-28-18-10-12-22(26)20(24)16-18/h9-12,15-16,25-26H,1-8,13-14H2. The minimum absolute atomic E-state index is 0.367. The number of phenolic OH excluding ortho intramolecular Hbond substituents is 2. The zero-order valence-corrected chi connectivity index (χ0v) is 16.0. The highest BCUT2D eigenvalue weighted by molar-refractivity contribution is 5.32. The van der Waals surface area contributed by atoms with Crippen molar-refractivity contribution in [3.63, 3.8) is 0 Å². The molecule has 0 saturated heterocycles. The lowest BCUT2D eigenvalue weighted by molar-refractivity contribution is 0.298. The maximum Gasteiger partial charge on any atom is 0.168 e. The molecule has 0 heterocycles. The van der Waals surface area contributed by atoms with Gasteiger partial charge in [0.25, 0.3) is 0 Å². The van der Waals surface area contributed by atoms with Crippen LogP contribution in [-0.4, -0.2) is 23.4 Å². The van der Waals surface area contributed by atoms with Gasteiger partial charge in [-0.25, -0.2) is 8.78 Å². The average molecular weight is 394 g/mol. The first kappa shape index (κ1) is 21.8. The number of benzene rings is 2. The van der Waals surface area contributed by atoms with Crippen LogP contribution in [0.5, 0.6) is 23.0 Å². The molecule has 0 saturated carbocycles. The SMILES string of the molecule is Oc1ccc(OCCCCCCCCCCOc2ccc(O)c(F)c2)cc1F. The Hall–Kier alpha value is -2.50. The van der Waals surface area contributed by atoms with E-state index < -0.39 is 11.6 Å². The molecular formula is C22H28F2O4. The second-order valence-electron chi connectivity index (χ2n) is 6.75. The maximum atomic E-state index is 13.2. The number of hydrogen-bond donors (Lipinski definition) is 2. The summed E-state index contributed by atoms with van der Waals surface area (Å²) in [5, 5.41) is 18.2. The van der Waals surface area contributed by atoms with Gasteiger partial charge in [0.15, 0.2) is 23.1 Å². The molecule has 0 aromatic heterocycles. The van der Waals surface area contributed by atoms with E-state index in [0.717, 1.165) is 51.4 Å². The molecule has 154 valence electrons. The summed E-state index contributed by atoms with van der Waals surface area (Å²) in [5.41, 5.74) is 0. The highest BCUT2D eigenvalue weighted by Gasteiger charge is 2.03. The van der Waals surface area contributed by atoms with Gasteiger partial charge in [0, 0.05) is 12.1 Å². The largest absolute Gasteiger partial charge is 0.505 e. The molecule has 6 heteroatoms. The quantitative estimate of drug-likeness (QED) is 0.412. The fourth-order valence-electron chi connectivity index (χ4n) is 2.80. The molecule has 2 aromatic carbocycles. The minimum atomic E-state index is -0.668. The first-order chi connectivity index (χ1) is 13.6. The second kappa shape index (κ2) is 12.1. The van der Waals surface area contributed by atoms with Crippen LogP contribution < -0.4 is 9.47 Å². The van der Waals surface area contributed by atoms with Crippen molar-refractivity contribution in [2.45, 2.75) is 51.4 Å². The van der Waals surface area contributed by atoms with Gasteiger partial charge in [-0.1, -0.05) is 38.5 Å². The lowest BCUT2D eigenvalue weighted by Gasteiger charge is -2.07. The van der Waals surface area contributed by atoms with E-state index in [0.29, 0.717) is 24.7 Å². The summed E-state index contributed by atoms with van der Waals surface area (Å²) in [6.07, 6.45) is 8.56. The van der Waals surface area contributed by atoms with Crippen LogP contribution in [0.3, 0.4) is 0 Å². The van der Waals surface area contributed by atoms with Crippen LogP contribution >= 0.6 is 0 Å². The fraction of sp³-hybridized carbons (Fsp3) is 0.455. The maximum absolute atomic E-state index is 13.2. The van der Waals surface area contributed by atoms with Crippen LogP contribution in [0.15, 0.2) is 36.4 Å². The number of unbranched alkanes of at least 4 members (excludes halogenated alkanes) is 7. The molecule has 0 aliphatic heterocycles. The third-order valence-electron chi connectivity index (χ3n) is 4.41. The summed E-state index contributed by atoms with van der Waals surface area (Å²) >= 11 is 0. The second-order valence-corrected chi connectivity index (χ2v) is 6.75. The molecule has 0 bridgehead atoms. The van der Waals surface area contributed by atoms with Gasteiger partial charge >= 0.3 is 0 Å². The van der Waals surface area contributed by atoms with Crippen LogP contribution in [0.4, 0.5) is 8.78 Å². The molecule has 28 heavy (non-hydrogen) atoms. The zero-order chi connectivity index (χ0) is 20.2. The zero-order valence-electron chi connectivity index (χ0n) is 16.0. The molecule has 0 aliphatic rings. The Bertz CT molecular complexity index is 660. The third-order valence-corrected chi connectivity index (χ3v) is 4.41. The lowest BCUT2D eigenvalue weighted by Crippen LogP contribution is -1.98. The number of halogens is 2. The molecule has 0 unspecified atom stereocenters. The smallest absolute Gasteiger partial charge is 0.168 e. The van der Waals surface area contributed by atoms with Crippen molar-refractivity contribution in [1.29, 1.82) is 0 Å². The van der Waals surface area contributed by atoms with Gasteiger partial charge in [0.05, 0.1) is 13.2 Å². The first-order valence-electron chi connectivity index (χ1n) is 9.79. The summed E-state index contributed by atoms with van der Waals surface area (Å²) in [5.74, 6) is -1.20. The molecule has 0 radical (unpaired) electrons. The minimum Gasteiger partial charge on any atom is -0.505 e. The summed E-state index contributed by atoms with van der Waals surface area (Å²) < 4.78 is 37.2. The third kappa shape index (κ3) is 8.03. The Morgan fingerprint density at radius 2 is 0.929 bits per heavy atom. The van der Waals surface area contributed by atoms with Gasteiger partial charge in [0.1, 0.15) is 11.5 Å². The molecule has 0 fully saturated rings. The predicted molar refractivity (Wildman–Crippen MR) is 104 cm³/mol. The molecule has 0 aliphatic carbocycles. The van der Waals surface area contributed by atoms with E-state index in [1.807, 2.05) is 0 Å². The highest BCUT2D eigenvalue weighted by Crippen LogP contribution is 2.22. The van der Waals surface area contributed by atoms with Crippen LogP contribution in [-0.2, 0) is 0 Å². The number of aromatic hydroxyl groups is 2. The predicted octanol–water partition coefficient (Wildman–Crippen LogP) is 5.95. The van der Waals surface area contributed by atoms with Crippen molar-refractivity contribution in [2.75, 3.05) is 13.2 Å². The topological polar surface area (TPSA) is 58.9 Å². The number of phenols is 2. The van der Waals surface area contributed by atoms with Crippen molar-refractivity contribution < 1.29 is 28.5 Å². The van der Waals surface area contributed by atoms with Crippen molar-refractivity contribution in [3.8, 4) is 23.0 Å². The summed E-state index contributed by atoms with van der Waals surface area (Å²) in [4.78, 5) is 0. The normalized spacial score (nSPS) is 10.8. The number of rotatable bonds is 13. The molecule has 0 amide bonds. The van der Waals surface area contributed by atoms with Gasteiger partial charge in [-0.3, -0.25) is 0 Å². The van der Waals surface area contributed by atoms with Crippen LogP contribution in [0, 0.1) is 11.6 Å². The molecule has 4 nitrogen and oxygen atoms in total. The van der Waals surface area contributed by atoms with Gasteiger partial charge in [0.2, 0.25) is 0 Å². The van der Waals surface area contributed by atoms with Crippen molar-refractivity contribution in [1.82, 2.24) is 0 Å². The number of hydrogen-bond acceptors (Lipinski definition) is 4. The molecular weight excluding hydrogens is 366 g/mol.